The fourth-order valence-corrected chi connectivity index (χ4v) is 4.94. The minimum Gasteiger partial charge on any atom is -0.497 e. The molecule has 9 heteroatoms. The van der Waals surface area contributed by atoms with Gasteiger partial charge in [0.15, 0.2) is 0 Å². The van der Waals surface area contributed by atoms with E-state index in [0.29, 0.717) is 49.8 Å². The molecule has 1 aromatic carbocycles. The van der Waals surface area contributed by atoms with Crippen molar-refractivity contribution in [2.75, 3.05) is 70.0 Å². The molecular formula is C25H33N5O4. The first-order valence-corrected chi connectivity index (χ1v) is 12.2. The zero-order valence-corrected chi connectivity index (χ0v) is 20.1. The van der Waals surface area contributed by atoms with Gasteiger partial charge < -0.3 is 28.9 Å². The zero-order valence-electron chi connectivity index (χ0n) is 20.1. The van der Waals surface area contributed by atoms with Crippen molar-refractivity contribution in [3.63, 3.8) is 0 Å². The second kappa shape index (κ2) is 10.0. The monoisotopic (exact) mass is 467 g/mol. The van der Waals surface area contributed by atoms with Crippen LogP contribution in [-0.2, 0) is 17.7 Å². The summed E-state index contributed by atoms with van der Waals surface area (Å²) in [6, 6.07) is 5.31. The molecule has 0 spiro atoms. The molecule has 2 aromatic rings. The van der Waals surface area contributed by atoms with Gasteiger partial charge >= 0.3 is 0 Å². The van der Waals surface area contributed by atoms with Gasteiger partial charge in [-0.05, 0) is 31.4 Å². The highest BCUT2D eigenvalue weighted by Crippen LogP contribution is 2.32. The van der Waals surface area contributed by atoms with Crippen LogP contribution < -0.4 is 19.3 Å². The predicted octanol–water partition coefficient (Wildman–Crippen LogP) is 2.52. The molecule has 2 saturated heterocycles. The Morgan fingerprint density at radius 1 is 0.882 bits per heavy atom. The lowest BCUT2D eigenvalue weighted by Crippen LogP contribution is -2.41. The lowest BCUT2D eigenvalue weighted by Gasteiger charge is -2.36. The van der Waals surface area contributed by atoms with Gasteiger partial charge in [-0.1, -0.05) is 0 Å². The summed E-state index contributed by atoms with van der Waals surface area (Å²) in [6.07, 6.45) is 4.29. The van der Waals surface area contributed by atoms with Gasteiger partial charge in [0.25, 0.3) is 5.91 Å². The first-order chi connectivity index (χ1) is 16.7. The Labute approximate surface area is 200 Å². The summed E-state index contributed by atoms with van der Waals surface area (Å²) in [4.78, 5) is 30.0. The highest BCUT2D eigenvalue weighted by Gasteiger charge is 2.30. The van der Waals surface area contributed by atoms with Crippen molar-refractivity contribution in [2.45, 2.75) is 32.2 Å². The summed E-state index contributed by atoms with van der Waals surface area (Å²) in [5, 5.41) is 0. The van der Waals surface area contributed by atoms with Crippen LogP contribution in [0.1, 0.15) is 40.9 Å². The molecule has 182 valence electrons. The lowest BCUT2D eigenvalue weighted by atomic mass is 10.0. The quantitative estimate of drug-likeness (QED) is 0.664. The predicted molar refractivity (Wildman–Crippen MR) is 129 cm³/mol. The number of anilines is 2. The molecule has 34 heavy (non-hydrogen) atoms. The van der Waals surface area contributed by atoms with E-state index >= 15 is 0 Å². The average Bonchev–Trinajstić information content (AvgIpc) is 2.92. The molecule has 0 aliphatic carbocycles. The number of ether oxygens (including phenoxy) is 3. The van der Waals surface area contributed by atoms with E-state index in [0.717, 1.165) is 62.0 Å². The first-order valence-electron chi connectivity index (χ1n) is 12.2. The largest absolute Gasteiger partial charge is 0.497 e. The van der Waals surface area contributed by atoms with Gasteiger partial charge in [0.2, 0.25) is 5.95 Å². The molecule has 3 aliphatic heterocycles. The highest BCUT2D eigenvalue weighted by molar-refractivity contribution is 5.95. The minimum absolute atomic E-state index is 0.0373. The maximum atomic E-state index is 13.5. The molecule has 0 bridgehead atoms. The SMILES string of the molecule is COc1cc(OC)cc(C(=O)N2CCc3nc(N4CCOCC4)nc(N4CCCCC4)c3C2)c1. The molecular weight excluding hydrogens is 434 g/mol. The molecule has 3 aliphatic rings. The summed E-state index contributed by atoms with van der Waals surface area (Å²) < 4.78 is 16.3. The van der Waals surface area contributed by atoms with Gasteiger partial charge in [-0.25, -0.2) is 4.98 Å². The highest BCUT2D eigenvalue weighted by atomic mass is 16.5. The Balaban J connectivity index is 1.46. The number of rotatable bonds is 5. The number of fused-ring (bicyclic) bond motifs is 1. The zero-order chi connectivity index (χ0) is 23.5. The van der Waals surface area contributed by atoms with Crippen LogP contribution in [0.4, 0.5) is 11.8 Å². The minimum atomic E-state index is -0.0373. The number of hydrogen-bond acceptors (Lipinski definition) is 8. The fraction of sp³-hybridized carbons (Fsp3) is 0.560. The smallest absolute Gasteiger partial charge is 0.254 e. The lowest BCUT2D eigenvalue weighted by molar-refractivity contribution is 0.0732. The molecule has 2 fully saturated rings. The van der Waals surface area contributed by atoms with Crippen LogP contribution in [0.2, 0.25) is 0 Å². The number of nitrogens with zero attached hydrogens (tertiary/aromatic N) is 5. The van der Waals surface area contributed by atoms with Gasteiger partial charge in [0.1, 0.15) is 17.3 Å². The van der Waals surface area contributed by atoms with Gasteiger partial charge in [-0.2, -0.15) is 4.98 Å². The summed E-state index contributed by atoms with van der Waals surface area (Å²) in [7, 11) is 3.18. The van der Waals surface area contributed by atoms with Crippen LogP contribution in [0.25, 0.3) is 0 Å². The maximum Gasteiger partial charge on any atom is 0.254 e. The fourth-order valence-electron chi connectivity index (χ4n) is 4.94. The third kappa shape index (κ3) is 4.61. The van der Waals surface area contributed by atoms with Crippen molar-refractivity contribution in [1.82, 2.24) is 14.9 Å². The molecule has 0 N–H and O–H groups in total. The number of piperidine rings is 1. The summed E-state index contributed by atoms with van der Waals surface area (Å²) in [5.74, 6) is 2.96. The third-order valence-corrected chi connectivity index (χ3v) is 6.86. The molecule has 0 atom stereocenters. The Hall–Kier alpha value is -3.07. The van der Waals surface area contributed by atoms with E-state index in [1.54, 1.807) is 32.4 Å². The van der Waals surface area contributed by atoms with Crippen LogP contribution in [0.15, 0.2) is 18.2 Å². The van der Waals surface area contributed by atoms with Crippen molar-refractivity contribution >= 4 is 17.7 Å². The number of benzene rings is 1. The van der Waals surface area contributed by atoms with E-state index in [9.17, 15) is 4.79 Å². The Kier molecular flexibility index (Phi) is 6.71. The Bertz CT molecular complexity index is 1010. The van der Waals surface area contributed by atoms with Crippen LogP contribution >= 0.6 is 0 Å². The number of carbonyl (C=O) groups excluding carboxylic acids is 1. The summed E-state index contributed by atoms with van der Waals surface area (Å²) in [6.45, 7) is 6.12. The Morgan fingerprint density at radius 3 is 2.26 bits per heavy atom. The van der Waals surface area contributed by atoms with Crippen molar-refractivity contribution in [1.29, 1.82) is 0 Å². The summed E-state index contributed by atoms with van der Waals surface area (Å²) in [5.41, 5.74) is 2.70. The molecule has 0 saturated carbocycles. The van der Waals surface area contributed by atoms with Crippen molar-refractivity contribution in [3.8, 4) is 11.5 Å². The van der Waals surface area contributed by atoms with Crippen LogP contribution in [0, 0.1) is 0 Å². The normalized spacial score (nSPS) is 18.5. The second-order valence-corrected chi connectivity index (χ2v) is 9.00. The molecule has 5 rings (SSSR count). The van der Waals surface area contributed by atoms with E-state index in [1.165, 1.54) is 6.42 Å². The summed E-state index contributed by atoms with van der Waals surface area (Å²) >= 11 is 0. The number of amides is 1. The molecule has 9 nitrogen and oxygen atoms in total. The molecule has 4 heterocycles. The van der Waals surface area contributed by atoms with Crippen LogP contribution in [-0.4, -0.2) is 80.9 Å². The van der Waals surface area contributed by atoms with E-state index in [4.69, 9.17) is 24.2 Å². The van der Waals surface area contributed by atoms with E-state index < -0.39 is 0 Å². The maximum absolute atomic E-state index is 13.5. The van der Waals surface area contributed by atoms with Crippen molar-refractivity contribution in [3.05, 3.63) is 35.0 Å². The average molecular weight is 468 g/mol. The van der Waals surface area contributed by atoms with Gasteiger partial charge in [-0.15, -0.1) is 0 Å². The number of hydrogen-bond donors (Lipinski definition) is 0. The van der Waals surface area contributed by atoms with Gasteiger partial charge in [0.05, 0.1) is 39.7 Å². The topological polar surface area (TPSA) is 80.3 Å². The first kappa shape index (κ1) is 22.7. The second-order valence-electron chi connectivity index (χ2n) is 9.00. The van der Waals surface area contributed by atoms with E-state index in [2.05, 4.69) is 9.80 Å². The standard InChI is InChI=1S/C25H33N5O4/c1-32-19-14-18(15-20(16-19)33-2)24(31)30-9-6-22-21(17-30)23(28-7-4-3-5-8-28)27-25(26-22)29-10-12-34-13-11-29/h14-16H,3-13,17H2,1-2H3. The van der Waals surface area contributed by atoms with E-state index in [-0.39, 0.29) is 5.91 Å². The van der Waals surface area contributed by atoms with Gasteiger partial charge in [-0.3, -0.25) is 4.79 Å². The van der Waals surface area contributed by atoms with E-state index in [1.807, 2.05) is 4.90 Å². The number of methoxy groups -OCH3 is 2. The van der Waals surface area contributed by atoms with Gasteiger partial charge in [0, 0.05) is 56.3 Å². The third-order valence-electron chi connectivity index (χ3n) is 6.86. The Morgan fingerprint density at radius 2 is 1.59 bits per heavy atom. The van der Waals surface area contributed by atoms with Crippen LogP contribution in [0.5, 0.6) is 11.5 Å². The number of morpholine rings is 1. The molecule has 1 aromatic heterocycles. The molecule has 0 unspecified atom stereocenters. The number of aromatic nitrogens is 2. The molecule has 1 amide bonds. The van der Waals surface area contributed by atoms with Crippen LogP contribution in [0.3, 0.4) is 0 Å². The van der Waals surface area contributed by atoms with Crippen molar-refractivity contribution < 1.29 is 19.0 Å². The van der Waals surface area contributed by atoms with Crippen molar-refractivity contribution in [2.24, 2.45) is 0 Å². The molecule has 0 radical (unpaired) electrons. The number of carbonyl (C=O) groups is 1.